The summed E-state index contributed by atoms with van der Waals surface area (Å²) in [6.45, 7) is 4.63. The van der Waals surface area contributed by atoms with Crippen LogP contribution >= 0.6 is 50.2 Å². The summed E-state index contributed by atoms with van der Waals surface area (Å²) in [4.78, 5) is 7.42. The molecule has 0 aliphatic heterocycles. The van der Waals surface area contributed by atoms with E-state index in [1.54, 1.807) is 22.7 Å². The van der Waals surface area contributed by atoms with Crippen LogP contribution in [0.5, 0.6) is 0 Å². The Labute approximate surface area is 140 Å². The zero-order chi connectivity index (χ0) is 14.5. The molecule has 1 N–H and O–H groups in total. The summed E-state index contributed by atoms with van der Waals surface area (Å²) in [5, 5.41) is 4.52. The summed E-state index contributed by atoms with van der Waals surface area (Å²) in [7, 11) is 2.04. The Morgan fingerprint density at radius 1 is 1.45 bits per heavy atom. The van der Waals surface area contributed by atoms with Gasteiger partial charge in [0, 0.05) is 15.4 Å². The number of aromatic nitrogens is 1. The van der Waals surface area contributed by atoms with E-state index in [-0.39, 0.29) is 0 Å². The molecule has 1 atom stereocenters. The Morgan fingerprint density at radius 2 is 2.20 bits per heavy atom. The predicted octanol–water partition coefficient (Wildman–Crippen LogP) is 5.52. The Morgan fingerprint density at radius 3 is 2.80 bits per heavy atom. The van der Waals surface area contributed by atoms with Crippen molar-refractivity contribution in [3.05, 3.63) is 25.4 Å². The van der Waals surface area contributed by atoms with Crippen LogP contribution in [0.3, 0.4) is 0 Å². The van der Waals surface area contributed by atoms with Gasteiger partial charge in [0.15, 0.2) is 0 Å². The molecule has 0 amide bonds. The molecule has 2 heterocycles. The molecule has 0 bridgehead atoms. The maximum absolute atomic E-state index is 6.14. The number of thiazole rings is 1. The lowest BCUT2D eigenvalue weighted by Crippen LogP contribution is -2.30. The van der Waals surface area contributed by atoms with Crippen molar-refractivity contribution in [1.82, 2.24) is 10.3 Å². The highest BCUT2D eigenvalue weighted by Crippen LogP contribution is 2.46. The Hall–Kier alpha value is 0.0600. The molecule has 2 nitrogen and oxygen atoms in total. The molecule has 2 aromatic heterocycles. The quantitative estimate of drug-likeness (QED) is 0.729. The monoisotopic (exact) mass is 390 g/mol. The van der Waals surface area contributed by atoms with Gasteiger partial charge in [0.2, 0.25) is 0 Å². The highest BCUT2D eigenvalue weighted by atomic mass is 79.9. The highest BCUT2D eigenvalue weighted by Gasteiger charge is 2.34. The van der Waals surface area contributed by atoms with Gasteiger partial charge < -0.3 is 5.32 Å². The number of hydrogen-bond donors (Lipinski definition) is 1. The maximum Gasteiger partial charge on any atom is 0.134 e. The van der Waals surface area contributed by atoms with Crippen molar-refractivity contribution in [2.75, 3.05) is 7.05 Å². The molecule has 1 unspecified atom stereocenters. The van der Waals surface area contributed by atoms with Crippen LogP contribution in [0.1, 0.15) is 36.9 Å². The van der Waals surface area contributed by atoms with E-state index in [9.17, 15) is 0 Å². The third-order valence-corrected chi connectivity index (χ3v) is 7.51. The lowest BCUT2D eigenvalue weighted by atomic mass is 9.76. The van der Waals surface area contributed by atoms with E-state index in [4.69, 9.17) is 16.6 Å². The Kier molecular flexibility index (Phi) is 4.01. The van der Waals surface area contributed by atoms with Crippen LogP contribution in [0.4, 0.5) is 0 Å². The van der Waals surface area contributed by atoms with Crippen LogP contribution in [0.25, 0.3) is 9.88 Å². The molecule has 108 valence electrons. The van der Waals surface area contributed by atoms with Crippen molar-refractivity contribution in [2.45, 2.75) is 32.7 Å². The molecule has 0 radical (unpaired) electrons. The SMILES string of the molecule is CNC1CC(C)(C)Cc2nc(-c3cc(Br)c(Cl)s3)sc21. The summed E-state index contributed by atoms with van der Waals surface area (Å²) in [5.41, 5.74) is 1.56. The number of rotatable bonds is 2. The van der Waals surface area contributed by atoms with Gasteiger partial charge in [0.25, 0.3) is 0 Å². The number of thiophene rings is 1. The van der Waals surface area contributed by atoms with E-state index in [0.29, 0.717) is 11.5 Å². The first-order valence-electron chi connectivity index (χ1n) is 6.52. The van der Waals surface area contributed by atoms with Crippen LogP contribution in [0, 0.1) is 5.41 Å². The molecule has 0 saturated heterocycles. The summed E-state index contributed by atoms with van der Waals surface area (Å²) in [6, 6.07) is 2.48. The van der Waals surface area contributed by atoms with E-state index < -0.39 is 0 Å². The number of nitrogens with zero attached hydrogens (tertiary/aromatic N) is 1. The van der Waals surface area contributed by atoms with Crippen molar-refractivity contribution in [2.24, 2.45) is 5.41 Å². The molecule has 0 aromatic carbocycles. The Bertz CT molecular complexity index is 628. The Balaban J connectivity index is 2.03. The predicted molar refractivity (Wildman–Crippen MR) is 92.0 cm³/mol. The highest BCUT2D eigenvalue weighted by molar-refractivity contribution is 9.10. The van der Waals surface area contributed by atoms with Gasteiger partial charge >= 0.3 is 0 Å². The van der Waals surface area contributed by atoms with Gasteiger partial charge in [-0.1, -0.05) is 25.4 Å². The lowest BCUT2D eigenvalue weighted by molar-refractivity contribution is 0.265. The second-order valence-corrected chi connectivity index (χ2v) is 9.49. The van der Waals surface area contributed by atoms with Gasteiger partial charge in [-0.3, -0.25) is 0 Å². The molecule has 6 heteroatoms. The van der Waals surface area contributed by atoms with Gasteiger partial charge in [0.05, 0.1) is 10.6 Å². The van der Waals surface area contributed by atoms with Crippen LogP contribution in [0.15, 0.2) is 10.5 Å². The standard InChI is InChI=1S/C14H16BrClN2S2/c1-14(2)5-8(17-3)11-9(6-14)18-13(20-11)10-4-7(15)12(16)19-10/h4,8,17H,5-6H2,1-3H3. The number of nitrogens with one attached hydrogen (secondary N) is 1. The minimum absolute atomic E-state index is 0.305. The normalized spacial score (nSPS) is 20.9. The van der Waals surface area contributed by atoms with Crippen molar-refractivity contribution in [3.63, 3.8) is 0 Å². The molecule has 2 aromatic rings. The van der Waals surface area contributed by atoms with Crippen LogP contribution in [0.2, 0.25) is 4.34 Å². The zero-order valence-corrected chi connectivity index (χ0v) is 15.6. The molecule has 20 heavy (non-hydrogen) atoms. The van der Waals surface area contributed by atoms with E-state index >= 15 is 0 Å². The first-order valence-corrected chi connectivity index (χ1v) is 9.32. The molecule has 0 fully saturated rings. The summed E-state index contributed by atoms with van der Waals surface area (Å²) < 4.78 is 1.75. The van der Waals surface area contributed by atoms with Gasteiger partial charge in [0.1, 0.15) is 9.34 Å². The molecule has 3 rings (SSSR count). The first kappa shape index (κ1) is 15.0. The minimum atomic E-state index is 0.305. The van der Waals surface area contributed by atoms with Gasteiger partial charge in [-0.15, -0.1) is 22.7 Å². The second-order valence-electron chi connectivity index (χ2n) is 5.95. The van der Waals surface area contributed by atoms with Gasteiger partial charge in [-0.2, -0.15) is 0 Å². The number of halogens is 2. The average molecular weight is 392 g/mol. The van der Waals surface area contributed by atoms with Crippen LogP contribution in [-0.2, 0) is 6.42 Å². The third-order valence-electron chi connectivity index (χ3n) is 3.65. The summed E-state index contributed by atoms with van der Waals surface area (Å²) >= 11 is 13.0. The molecular formula is C14H16BrClN2S2. The van der Waals surface area contributed by atoms with Crippen molar-refractivity contribution >= 4 is 50.2 Å². The van der Waals surface area contributed by atoms with Crippen LogP contribution in [-0.4, -0.2) is 12.0 Å². The minimum Gasteiger partial charge on any atom is -0.312 e. The van der Waals surface area contributed by atoms with Gasteiger partial charge in [-0.25, -0.2) is 4.98 Å². The van der Waals surface area contributed by atoms with E-state index in [2.05, 4.69) is 41.2 Å². The third kappa shape index (κ3) is 2.71. The summed E-state index contributed by atoms with van der Waals surface area (Å²) in [6.07, 6.45) is 2.21. The van der Waals surface area contributed by atoms with Gasteiger partial charge in [-0.05, 0) is 47.3 Å². The fourth-order valence-electron chi connectivity index (χ4n) is 2.72. The second kappa shape index (κ2) is 5.36. The van der Waals surface area contributed by atoms with Crippen molar-refractivity contribution in [1.29, 1.82) is 0 Å². The van der Waals surface area contributed by atoms with Crippen LogP contribution < -0.4 is 5.32 Å². The van der Waals surface area contributed by atoms with E-state index in [1.807, 2.05) is 7.05 Å². The molecular weight excluding hydrogens is 376 g/mol. The zero-order valence-electron chi connectivity index (χ0n) is 11.6. The largest absolute Gasteiger partial charge is 0.312 e. The summed E-state index contributed by atoms with van der Waals surface area (Å²) in [5.74, 6) is 0. The van der Waals surface area contributed by atoms with E-state index in [0.717, 1.165) is 31.5 Å². The molecule has 0 spiro atoms. The number of fused-ring (bicyclic) bond motifs is 1. The lowest BCUT2D eigenvalue weighted by Gasteiger charge is -2.34. The fraction of sp³-hybridized carbons (Fsp3) is 0.500. The fourth-order valence-corrected chi connectivity index (χ4v) is 5.66. The molecule has 1 aliphatic rings. The van der Waals surface area contributed by atoms with E-state index in [1.165, 1.54) is 10.6 Å². The average Bonchev–Trinajstić information content (AvgIpc) is 2.91. The first-order chi connectivity index (χ1) is 9.39. The molecule has 1 aliphatic carbocycles. The maximum atomic E-state index is 6.14. The van der Waals surface area contributed by atoms with Crippen molar-refractivity contribution < 1.29 is 0 Å². The molecule has 0 saturated carbocycles. The topological polar surface area (TPSA) is 24.9 Å². The smallest absolute Gasteiger partial charge is 0.134 e. The van der Waals surface area contributed by atoms with Crippen molar-refractivity contribution in [3.8, 4) is 9.88 Å². The number of hydrogen-bond acceptors (Lipinski definition) is 4.